The first-order valence-corrected chi connectivity index (χ1v) is 7.79. The molecule has 0 radical (unpaired) electrons. The van der Waals surface area contributed by atoms with Crippen LogP contribution in [0.15, 0.2) is 18.5 Å². The van der Waals surface area contributed by atoms with Crippen LogP contribution in [0.1, 0.15) is 34.7 Å². The van der Waals surface area contributed by atoms with Crippen LogP contribution in [0.3, 0.4) is 0 Å². The minimum absolute atomic E-state index is 0.162. The van der Waals surface area contributed by atoms with Crippen molar-refractivity contribution in [3.05, 3.63) is 29.6 Å². The van der Waals surface area contributed by atoms with E-state index >= 15 is 0 Å². The van der Waals surface area contributed by atoms with Crippen LogP contribution in [-0.4, -0.2) is 58.0 Å². The number of nitrogens with one attached hydrogen (secondary N) is 1. The predicted molar refractivity (Wildman–Crippen MR) is 80.6 cm³/mol. The Balaban J connectivity index is 1.63. The molecule has 2 N–H and O–H groups in total. The summed E-state index contributed by atoms with van der Waals surface area (Å²) < 4.78 is 26.8. The standard InChI is InChI=1S/C16H16F2N4O3/c17-16(18)4-9(5-19)22(8-16)14(24)7-21-15(25)10-1-2-20-6-12(10)11-3-13(11)23/h1-2,6,9,11,13,23H,3-4,7-8H2,(H,21,25)/t9-,11-,13?/m0/s1. The molecule has 0 spiro atoms. The van der Waals surface area contributed by atoms with Gasteiger partial charge in [-0.3, -0.25) is 14.6 Å². The van der Waals surface area contributed by atoms with Crippen molar-refractivity contribution in [2.24, 2.45) is 0 Å². The number of alkyl halides is 2. The third-order valence-electron chi connectivity index (χ3n) is 4.39. The number of likely N-dealkylation sites (tertiary alicyclic amines) is 1. The first-order valence-electron chi connectivity index (χ1n) is 7.79. The number of aromatic nitrogens is 1. The lowest BCUT2D eigenvalue weighted by Gasteiger charge is -2.19. The maximum Gasteiger partial charge on any atom is 0.268 e. The van der Waals surface area contributed by atoms with Gasteiger partial charge in [0.15, 0.2) is 0 Å². The molecule has 1 aromatic rings. The maximum atomic E-state index is 13.4. The molecule has 1 aliphatic heterocycles. The number of nitriles is 1. The summed E-state index contributed by atoms with van der Waals surface area (Å²) in [7, 11) is 0. The van der Waals surface area contributed by atoms with Crippen LogP contribution in [0.5, 0.6) is 0 Å². The molecule has 0 bridgehead atoms. The van der Waals surface area contributed by atoms with E-state index in [0.29, 0.717) is 12.0 Å². The smallest absolute Gasteiger partial charge is 0.268 e. The molecule has 7 nitrogen and oxygen atoms in total. The van der Waals surface area contributed by atoms with Gasteiger partial charge in [-0.25, -0.2) is 8.78 Å². The molecule has 9 heteroatoms. The lowest BCUT2D eigenvalue weighted by Crippen LogP contribution is -2.43. The first-order chi connectivity index (χ1) is 11.8. The number of halogens is 2. The number of aliphatic hydroxyl groups is 1. The molecular weight excluding hydrogens is 334 g/mol. The number of hydrogen-bond donors (Lipinski definition) is 2. The van der Waals surface area contributed by atoms with E-state index in [0.717, 1.165) is 4.90 Å². The summed E-state index contributed by atoms with van der Waals surface area (Å²) in [4.78, 5) is 29.1. The molecule has 2 amide bonds. The summed E-state index contributed by atoms with van der Waals surface area (Å²) in [6, 6.07) is 1.96. The van der Waals surface area contributed by atoms with Gasteiger partial charge in [0.25, 0.3) is 11.8 Å². The normalized spacial score (nSPS) is 26.8. The van der Waals surface area contributed by atoms with Crippen LogP contribution in [-0.2, 0) is 4.79 Å². The number of carbonyl (C=O) groups is 2. The molecule has 1 unspecified atom stereocenters. The second kappa shape index (κ2) is 6.37. The molecule has 2 aliphatic rings. The quantitative estimate of drug-likeness (QED) is 0.819. The largest absolute Gasteiger partial charge is 0.392 e. The van der Waals surface area contributed by atoms with E-state index in [9.17, 15) is 23.5 Å². The minimum Gasteiger partial charge on any atom is -0.392 e. The fourth-order valence-electron chi connectivity index (χ4n) is 2.97. The number of hydrogen-bond acceptors (Lipinski definition) is 5. The van der Waals surface area contributed by atoms with Crippen molar-refractivity contribution in [1.29, 1.82) is 5.26 Å². The topological polar surface area (TPSA) is 106 Å². The Bertz CT molecular complexity index is 749. The molecule has 3 atom stereocenters. The van der Waals surface area contributed by atoms with E-state index in [2.05, 4.69) is 10.3 Å². The van der Waals surface area contributed by atoms with E-state index in [4.69, 9.17) is 5.26 Å². The van der Waals surface area contributed by atoms with Gasteiger partial charge < -0.3 is 15.3 Å². The zero-order valence-electron chi connectivity index (χ0n) is 13.2. The van der Waals surface area contributed by atoms with Gasteiger partial charge in [0.1, 0.15) is 6.04 Å². The molecule has 1 saturated heterocycles. The molecule has 3 rings (SSSR count). The van der Waals surface area contributed by atoms with Gasteiger partial charge in [-0.2, -0.15) is 5.26 Å². The fourth-order valence-corrected chi connectivity index (χ4v) is 2.97. The molecule has 25 heavy (non-hydrogen) atoms. The van der Waals surface area contributed by atoms with Crippen LogP contribution >= 0.6 is 0 Å². The summed E-state index contributed by atoms with van der Waals surface area (Å²) in [6.45, 7) is -1.31. The van der Waals surface area contributed by atoms with Crippen molar-refractivity contribution in [3.63, 3.8) is 0 Å². The van der Waals surface area contributed by atoms with Crippen LogP contribution in [0.25, 0.3) is 0 Å². The lowest BCUT2D eigenvalue weighted by molar-refractivity contribution is -0.131. The minimum atomic E-state index is -3.10. The number of amides is 2. The SMILES string of the molecule is N#C[C@@H]1CC(F)(F)CN1C(=O)CNC(=O)c1ccncc1[C@@H]1CC1O. The van der Waals surface area contributed by atoms with E-state index in [1.807, 2.05) is 0 Å². The van der Waals surface area contributed by atoms with E-state index in [-0.39, 0.29) is 11.5 Å². The summed E-state index contributed by atoms with van der Waals surface area (Å²) in [5.41, 5.74) is 0.871. The van der Waals surface area contributed by atoms with Crippen molar-refractivity contribution in [2.45, 2.75) is 36.8 Å². The summed E-state index contributed by atoms with van der Waals surface area (Å²) in [5.74, 6) is -4.55. The highest BCUT2D eigenvalue weighted by Crippen LogP contribution is 2.41. The zero-order chi connectivity index (χ0) is 18.2. The second-order valence-electron chi connectivity index (χ2n) is 6.28. The molecule has 1 aliphatic carbocycles. The molecule has 132 valence electrons. The number of nitrogens with zero attached hydrogens (tertiary/aromatic N) is 3. The monoisotopic (exact) mass is 350 g/mol. The Morgan fingerprint density at radius 1 is 1.52 bits per heavy atom. The zero-order valence-corrected chi connectivity index (χ0v) is 13.2. The Kier molecular flexibility index (Phi) is 4.39. The summed E-state index contributed by atoms with van der Waals surface area (Å²) in [6.07, 6.45) is 2.24. The Morgan fingerprint density at radius 2 is 2.24 bits per heavy atom. The van der Waals surface area contributed by atoms with Gasteiger partial charge in [0, 0.05) is 30.3 Å². The van der Waals surface area contributed by atoms with Crippen LogP contribution in [0.2, 0.25) is 0 Å². The number of carbonyl (C=O) groups excluding carboxylic acids is 2. The highest BCUT2D eigenvalue weighted by atomic mass is 19.3. The van der Waals surface area contributed by atoms with Crippen molar-refractivity contribution >= 4 is 11.8 Å². The predicted octanol–water partition coefficient (Wildman–Crippen LogP) is 0.419. The molecule has 0 aromatic carbocycles. The highest BCUT2D eigenvalue weighted by molar-refractivity contribution is 5.98. The Labute approximate surface area is 142 Å². The number of rotatable bonds is 4. The number of pyridine rings is 1. The van der Waals surface area contributed by atoms with Crippen molar-refractivity contribution in [2.75, 3.05) is 13.1 Å². The van der Waals surface area contributed by atoms with E-state index in [1.54, 1.807) is 6.07 Å². The molecular formula is C16H16F2N4O3. The van der Waals surface area contributed by atoms with Crippen LogP contribution in [0.4, 0.5) is 8.78 Å². The average molecular weight is 350 g/mol. The van der Waals surface area contributed by atoms with Gasteiger partial charge in [0.2, 0.25) is 5.91 Å². The molecule has 2 heterocycles. The third-order valence-corrected chi connectivity index (χ3v) is 4.39. The Morgan fingerprint density at radius 3 is 2.88 bits per heavy atom. The highest BCUT2D eigenvalue weighted by Gasteiger charge is 2.47. The van der Waals surface area contributed by atoms with Gasteiger partial charge in [0.05, 0.1) is 25.3 Å². The van der Waals surface area contributed by atoms with Crippen LogP contribution < -0.4 is 5.32 Å². The lowest BCUT2D eigenvalue weighted by atomic mass is 10.1. The fraction of sp³-hybridized carbons (Fsp3) is 0.500. The van der Waals surface area contributed by atoms with Gasteiger partial charge in [-0.1, -0.05) is 0 Å². The summed E-state index contributed by atoms with van der Waals surface area (Å²) in [5, 5.41) is 20.8. The van der Waals surface area contributed by atoms with Gasteiger partial charge in [-0.15, -0.1) is 0 Å². The molecule has 1 saturated carbocycles. The van der Waals surface area contributed by atoms with Gasteiger partial charge in [-0.05, 0) is 18.1 Å². The van der Waals surface area contributed by atoms with Gasteiger partial charge >= 0.3 is 0 Å². The maximum absolute atomic E-state index is 13.4. The summed E-state index contributed by atoms with van der Waals surface area (Å²) >= 11 is 0. The van der Waals surface area contributed by atoms with Crippen molar-refractivity contribution in [3.8, 4) is 6.07 Å². The van der Waals surface area contributed by atoms with Crippen molar-refractivity contribution in [1.82, 2.24) is 15.2 Å². The first kappa shape index (κ1) is 17.2. The second-order valence-corrected chi connectivity index (χ2v) is 6.28. The Hall–Kier alpha value is -2.60. The average Bonchev–Trinajstić information content (AvgIpc) is 3.22. The van der Waals surface area contributed by atoms with E-state index in [1.165, 1.54) is 18.5 Å². The third kappa shape index (κ3) is 3.58. The molecule has 2 fully saturated rings. The van der Waals surface area contributed by atoms with E-state index < -0.39 is 49.4 Å². The number of aliphatic hydroxyl groups excluding tert-OH is 1. The molecule has 1 aromatic heterocycles. The van der Waals surface area contributed by atoms with Crippen LogP contribution in [0, 0.1) is 11.3 Å². The van der Waals surface area contributed by atoms with Crippen molar-refractivity contribution < 1.29 is 23.5 Å².